The molecule has 0 aliphatic carbocycles. The van der Waals surface area contributed by atoms with Crippen LogP contribution in [0.5, 0.6) is 0 Å². The predicted octanol–water partition coefficient (Wildman–Crippen LogP) is -2.40. The second-order valence-electron chi connectivity index (χ2n) is 11.1. The molecule has 0 saturated carbocycles. The van der Waals surface area contributed by atoms with Crippen molar-refractivity contribution in [3.8, 4) is 11.4 Å². The quantitative estimate of drug-likeness (QED) is 0.140. The zero-order valence-electron chi connectivity index (χ0n) is 25.1. The van der Waals surface area contributed by atoms with E-state index in [0.29, 0.717) is 26.2 Å². The highest BCUT2D eigenvalue weighted by Crippen LogP contribution is 2.23. The first-order chi connectivity index (χ1) is 22.2. The molecule has 2 aliphatic heterocycles. The zero-order valence-corrected chi connectivity index (χ0v) is 27.6. The van der Waals surface area contributed by atoms with Crippen molar-refractivity contribution in [1.82, 2.24) is 29.8 Å². The van der Waals surface area contributed by atoms with Gasteiger partial charge in [0.25, 0.3) is 0 Å². The molecule has 0 radical (unpaired) electrons. The Kier molecular flexibility index (Phi) is 8.57. The van der Waals surface area contributed by atoms with Gasteiger partial charge < -0.3 is 10.6 Å². The topological polar surface area (TPSA) is 233 Å². The van der Waals surface area contributed by atoms with Gasteiger partial charge in [-0.2, -0.15) is 8.61 Å². The Balaban J connectivity index is 1.28. The van der Waals surface area contributed by atoms with E-state index in [1.807, 2.05) is 0 Å². The SMILES string of the molecule is CC1CNCCN1S(=O)(=O)c1c(=O)o[nH][n+]1-c1ccc(S(=O)(=O)c2ccc(-[n+]3[nH]oc(=O)c3S(=O)(=O)N3CCNCC3C)cc2)cc1. The van der Waals surface area contributed by atoms with Crippen molar-refractivity contribution in [2.24, 2.45) is 0 Å². The maximum Gasteiger partial charge on any atom is 0.448 e. The summed E-state index contributed by atoms with van der Waals surface area (Å²) < 4.78 is 94.6. The van der Waals surface area contributed by atoms with E-state index in [0.717, 1.165) is 9.36 Å². The van der Waals surface area contributed by atoms with Crippen LogP contribution >= 0.6 is 0 Å². The molecule has 2 saturated heterocycles. The molecular weight excluding hydrogens is 681 g/mol. The van der Waals surface area contributed by atoms with Crippen molar-refractivity contribution in [3.05, 3.63) is 69.4 Å². The minimum absolute atomic E-state index is 0.124. The van der Waals surface area contributed by atoms with Gasteiger partial charge in [0.05, 0.1) is 9.79 Å². The second-order valence-corrected chi connectivity index (χ2v) is 16.6. The Morgan fingerprint density at radius 2 is 1.00 bits per heavy atom. The molecular formula is C26H32N8O10S3+2. The lowest BCUT2D eigenvalue weighted by molar-refractivity contribution is -0.706. The maximum atomic E-state index is 13.5. The first-order valence-corrected chi connectivity index (χ1v) is 18.8. The van der Waals surface area contributed by atoms with Crippen LogP contribution in [0, 0.1) is 0 Å². The third-order valence-electron chi connectivity index (χ3n) is 8.01. The van der Waals surface area contributed by atoms with Gasteiger partial charge in [0.15, 0.2) is 0 Å². The van der Waals surface area contributed by atoms with Gasteiger partial charge in [0.1, 0.15) is 0 Å². The fourth-order valence-electron chi connectivity index (χ4n) is 5.57. The number of sulfone groups is 1. The van der Waals surface area contributed by atoms with E-state index in [-0.39, 0.29) is 34.3 Å². The largest absolute Gasteiger partial charge is 0.448 e. The van der Waals surface area contributed by atoms with Crippen molar-refractivity contribution in [1.29, 1.82) is 0 Å². The maximum absolute atomic E-state index is 13.5. The number of rotatable bonds is 8. The van der Waals surface area contributed by atoms with E-state index in [4.69, 9.17) is 9.05 Å². The zero-order chi connectivity index (χ0) is 33.7. The monoisotopic (exact) mass is 712 g/mol. The first kappa shape index (κ1) is 32.9. The highest BCUT2D eigenvalue weighted by Gasteiger charge is 2.45. The predicted molar refractivity (Wildman–Crippen MR) is 160 cm³/mol. The lowest BCUT2D eigenvalue weighted by atomic mass is 10.3. The molecule has 2 aromatic heterocycles. The molecule has 0 bridgehead atoms. The number of hydrogen-bond donors (Lipinski definition) is 4. The summed E-state index contributed by atoms with van der Waals surface area (Å²) in [5.74, 6) is 0. The summed E-state index contributed by atoms with van der Waals surface area (Å²) in [7, 11) is -12.7. The number of hydrogen-bond acceptors (Lipinski definition) is 12. The summed E-state index contributed by atoms with van der Waals surface area (Å²) >= 11 is 0. The van der Waals surface area contributed by atoms with E-state index in [2.05, 4.69) is 21.2 Å². The van der Waals surface area contributed by atoms with Gasteiger partial charge in [0.2, 0.25) is 21.2 Å². The molecule has 47 heavy (non-hydrogen) atoms. The molecule has 4 aromatic rings. The van der Waals surface area contributed by atoms with Crippen LogP contribution in [0.3, 0.4) is 0 Å². The number of benzene rings is 2. The molecule has 4 N–H and O–H groups in total. The molecule has 18 nitrogen and oxygen atoms in total. The Morgan fingerprint density at radius 1 is 0.638 bits per heavy atom. The Hall–Kier alpha value is -3.99. The van der Waals surface area contributed by atoms with Crippen LogP contribution in [0.15, 0.2) is 87.0 Å². The number of aromatic amines is 2. The Bertz CT molecular complexity index is 2090. The van der Waals surface area contributed by atoms with E-state index >= 15 is 0 Å². The number of sulfonamides is 2. The number of H-pyrrole nitrogens is 2. The van der Waals surface area contributed by atoms with Gasteiger partial charge >= 0.3 is 41.3 Å². The third-order valence-corrected chi connectivity index (χ3v) is 13.8. The highest BCUT2D eigenvalue weighted by atomic mass is 32.2. The molecule has 252 valence electrons. The minimum Gasteiger partial charge on any atom is -0.314 e. The van der Waals surface area contributed by atoms with Gasteiger partial charge in [-0.1, -0.05) is 0 Å². The first-order valence-electron chi connectivity index (χ1n) is 14.4. The minimum atomic E-state index is -4.28. The van der Waals surface area contributed by atoms with Crippen LogP contribution in [0.25, 0.3) is 11.4 Å². The molecule has 21 heteroatoms. The van der Waals surface area contributed by atoms with Gasteiger partial charge in [0, 0.05) is 75.6 Å². The average molecular weight is 713 g/mol. The summed E-state index contributed by atoms with van der Waals surface area (Å²) in [6, 6.07) is 9.36. The lowest BCUT2D eigenvalue weighted by Gasteiger charge is -2.30. The van der Waals surface area contributed by atoms with E-state index in [9.17, 15) is 34.8 Å². The van der Waals surface area contributed by atoms with Gasteiger partial charge in [-0.05, 0) is 58.0 Å². The lowest BCUT2D eigenvalue weighted by Crippen LogP contribution is -2.55. The Labute approximate surface area is 268 Å². The van der Waals surface area contributed by atoms with Gasteiger partial charge in [-0.3, -0.25) is 9.05 Å². The van der Waals surface area contributed by atoms with E-state index in [1.165, 1.54) is 57.1 Å². The molecule has 2 atom stereocenters. The summed E-state index contributed by atoms with van der Waals surface area (Å²) in [5.41, 5.74) is -1.97. The number of nitrogens with zero attached hydrogens (tertiary/aromatic N) is 4. The molecule has 2 aliphatic rings. The third kappa shape index (κ3) is 5.76. The molecule has 2 unspecified atom stereocenters. The van der Waals surface area contributed by atoms with Crippen molar-refractivity contribution in [2.45, 2.75) is 45.8 Å². The van der Waals surface area contributed by atoms with E-state index < -0.39 is 63.3 Å². The van der Waals surface area contributed by atoms with Crippen molar-refractivity contribution < 1.29 is 43.7 Å². The second kappa shape index (κ2) is 12.2. The summed E-state index contributed by atoms with van der Waals surface area (Å²) in [6.07, 6.45) is 0. The molecule has 6 rings (SSSR count). The van der Waals surface area contributed by atoms with Gasteiger partial charge in [-0.25, -0.2) is 34.8 Å². The fraction of sp³-hybridized carbons (Fsp3) is 0.385. The van der Waals surface area contributed by atoms with Crippen molar-refractivity contribution in [2.75, 3.05) is 39.3 Å². The summed E-state index contributed by atoms with van der Waals surface area (Å²) in [4.78, 5) is 24.7. The molecule has 0 amide bonds. The summed E-state index contributed by atoms with van der Waals surface area (Å²) in [5, 5.41) is 9.42. The smallest absolute Gasteiger partial charge is 0.314 e. The standard InChI is InChI=1S/C26H30N8O10S3/c1-17-15-27-11-13-31(17)46(39,40)23-25(35)43-29-33(23)19-3-7-21(8-4-19)45(37,38)22-9-5-20(6-10-22)34-24(26(36)44-30-34)47(41,42)32-14-12-28-16-18(32)2/h3-10,17-18,27-28H,11-16H2,1-2H3/p+2. The average Bonchev–Trinajstić information content (AvgIpc) is 3.64. The molecule has 2 fully saturated rings. The summed E-state index contributed by atoms with van der Waals surface area (Å²) in [6.45, 7) is 5.31. The molecule has 4 heterocycles. The van der Waals surface area contributed by atoms with Crippen molar-refractivity contribution >= 4 is 29.9 Å². The normalized spacial score (nSPS) is 20.4. The fourth-order valence-corrected chi connectivity index (χ4v) is 10.3. The molecule has 0 spiro atoms. The van der Waals surface area contributed by atoms with Crippen LogP contribution in [0.4, 0.5) is 0 Å². The van der Waals surface area contributed by atoms with Crippen LogP contribution in [-0.4, -0.2) is 95.8 Å². The number of aromatic nitrogens is 4. The van der Waals surface area contributed by atoms with Crippen LogP contribution in [0.1, 0.15) is 13.8 Å². The molecule has 2 aromatic carbocycles. The van der Waals surface area contributed by atoms with Gasteiger partial charge in [-0.15, -0.1) is 0 Å². The van der Waals surface area contributed by atoms with E-state index in [1.54, 1.807) is 13.8 Å². The number of nitrogens with one attached hydrogen (secondary N) is 4. The Morgan fingerprint density at radius 3 is 1.34 bits per heavy atom. The number of piperazine rings is 2. The van der Waals surface area contributed by atoms with Crippen LogP contribution in [-0.2, 0) is 29.9 Å². The van der Waals surface area contributed by atoms with Crippen molar-refractivity contribution in [3.63, 3.8) is 0 Å². The van der Waals surface area contributed by atoms with Crippen LogP contribution in [0.2, 0.25) is 0 Å². The van der Waals surface area contributed by atoms with Crippen LogP contribution < -0.4 is 31.2 Å². The highest BCUT2D eigenvalue weighted by molar-refractivity contribution is 7.91.